The van der Waals surface area contributed by atoms with E-state index in [0.29, 0.717) is 40.6 Å². The molecule has 0 spiro atoms. The fraction of sp³-hybridized carbons (Fsp3) is 0.227. The first-order valence-electron chi connectivity index (χ1n) is 10.5. The van der Waals surface area contributed by atoms with E-state index in [1.807, 2.05) is 37.3 Å². The number of aromatic nitrogens is 9. The maximum Gasteiger partial charge on any atom is 0.254 e. The van der Waals surface area contributed by atoms with Crippen molar-refractivity contribution in [1.29, 1.82) is 0 Å². The van der Waals surface area contributed by atoms with Gasteiger partial charge in [-0.3, -0.25) is 4.79 Å². The van der Waals surface area contributed by atoms with Crippen LogP contribution in [0.25, 0.3) is 10.9 Å². The molecule has 0 bridgehead atoms. The Balaban J connectivity index is 1.60. The minimum Gasteiger partial charge on any atom is -0.485 e. The van der Waals surface area contributed by atoms with Crippen LogP contribution in [0.5, 0.6) is 11.5 Å². The summed E-state index contributed by atoms with van der Waals surface area (Å²) in [5, 5.41) is 28.4. The summed E-state index contributed by atoms with van der Waals surface area (Å²) in [6.07, 6.45) is 0.510. The molecule has 3 aromatic heterocycles. The van der Waals surface area contributed by atoms with Crippen LogP contribution in [0.3, 0.4) is 0 Å². The van der Waals surface area contributed by atoms with Gasteiger partial charge in [0, 0.05) is 36.6 Å². The van der Waals surface area contributed by atoms with Gasteiger partial charge in [-0.15, -0.1) is 20.4 Å². The van der Waals surface area contributed by atoms with Crippen molar-refractivity contribution in [2.24, 2.45) is 7.05 Å². The van der Waals surface area contributed by atoms with E-state index in [2.05, 4.69) is 41.2 Å². The van der Waals surface area contributed by atoms with E-state index >= 15 is 0 Å². The maximum absolute atomic E-state index is 13.3. The highest BCUT2D eigenvalue weighted by Gasteiger charge is 2.19. The Bertz CT molecular complexity index is 1460. The van der Waals surface area contributed by atoms with Crippen molar-refractivity contribution in [3.8, 4) is 11.5 Å². The molecule has 0 aliphatic carbocycles. The van der Waals surface area contributed by atoms with Crippen molar-refractivity contribution >= 4 is 10.9 Å². The molecule has 2 N–H and O–H groups in total. The number of nitrogens with one attached hydrogen (secondary N) is 2. The molecule has 0 saturated carbocycles. The lowest BCUT2D eigenvalue weighted by atomic mass is 9.97. The Morgan fingerprint density at radius 3 is 2.26 bits per heavy atom. The molecule has 5 rings (SSSR count). The number of nitrogens with zero attached hydrogens (tertiary/aromatic N) is 7. The van der Waals surface area contributed by atoms with E-state index in [4.69, 9.17) is 9.47 Å². The SMILES string of the molecule is Cc1c(Cc2ccccc2)c(=O)n(C)c2cc(OCc3nn[nH]n3)cc(OCc3nn[nH]n3)c12. The van der Waals surface area contributed by atoms with Crippen molar-refractivity contribution in [2.45, 2.75) is 26.6 Å². The molecule has 0 radical (unpaired) electrons. The molecule has 2 aromatic carbocycles. The number of benzene rings is 2. The molecule has 0 amide bonds. The van der Waals surface area contributed by atoms with Crippen molar-refractivity contribution < 1.29 is 9.47 Å². The van der Waals surface area contributed by atoms with Crippen LogP contribution in [0.1, 0.15) is 28.3 Å². The van der Waals surface area contributed by atoms with Gasteiger partial charge in [-0.1, -0.05) is 40.8 Å². The summed E-state index contributed by atoms with van der Waals surface area (Å²) in [7, 11) is 1.74. The Kier molecular flexibility index (Phi) is 5.68. The maximum atomic E-state index is 13.3. The molecule has 0 atom stereocenters. The molecule has 12 nitrogen and oxygen atoms in total. The largest absolute Gasteiger partial charge is 0.485 e. The second-order valence-corrected chi connectivity index (χ2v) is 7.68. The van der Waals surface area contributed by atoms with Crippen molar-refractivity contribution in [3.63, 3.8) is 0 Å². The lowest BCUT2D eigenvalue weighted by molar-refractivity contribution is 0.282. The third-order valence-electron chi connectivity index (χ3n) is 5.53. The van der Waals surface area contributed by atoms with Gasteiger partial charge in [-0.25, -0.2) is 0 Å². The van der Waals surface area contributed by atoms with E-state index in [1.54, 1.807) is 23.7 Å². The highest BCUT2D eigenvalue weighted by atomic mass is 16.5. The van der Waals surface area contributed by atoms with Crippen LogP contribution in [0.15, 0.2) is 47.3 Å². The van der Waals surface area contributed by atoms with Crippen LogP contribution < -0.4 is 15.0 Å². The normalized spacial score (nSPS) is 11.1. The topological polar surface area (TPSA) is 149 Å². The molecular formula is C22H21N9O3. The van der Waals surface area contributed by atoms with E-state index in [9.17, 15) is 4.79 Å². The van der Waals surface area contributed by atoms with Gasteiger partial charge in [-0.2, -0.15) is 10.4 Å². The summed E-state index contributed by atoms with van der Waals surface area (Å²) < 4.78 is 13.6. The molecule has 0 aliphatic rings. The monoisotopic (exact) mass is 459 g/mol. The highest BCUT2D eigenvalue weighted by Crippen LogP contribution is 2.35. The standard InChI is InChI=1S/C22H21N9O3/c1-13-16(8-14-6-4-3-5-7-14)22(32)31(2)17-9-15(33-11-19-23-27-28-24-19)10-18(21(13)17)34-12-20-25-29-30-26-20/h3-7,9-10H,8,11-12H2,1-2H3,(H,23,24,27,28)(H,25,26,29,30). The quantitative estimate of drug-likeness (QED) is 0.353. The summed E-state index contributed by atoms with van der Waals surface area (Å²) >= 11 is 0. The summed E-state index contributed by atoms with van der Waals surface area (Å²) in [5.74, 6) is 1.83. The lowest BCUT2D eigenvalue weighted by Crippen LogP contribution is -2.23. The van der Waals surface area contributed by atoms with Crippen molar-refractivity contribution in [2.75, 3.05) is 0 Å². The van der Waals surface area contributed by atoms with E-state index in [0.717, 1.165) is 16.5 Å². The fourth-order valence-corrected chi connectivity index (χ4v) is 3.82. The lowest BCUT2D eigenvalue weighted by Gasteiger charge is -2.18. The Morgan fingerprint density at radius 1 is 0.941 bits per heavy atom. The zero-order chi connectivity index (χ0) is 23.5. The summed E-state index contributed by atoms with van der Waals surface area (Å²) in [6, 6.07) is 13.5. The molecule has 172 valence electrons. The number of hydrogen-bond donors (Lipinski definition) is 2. The Hall–Kier alpha value is -4.61. The number of fused-ring (bicyclic) bond motifs is 1. The molecular weight excluding hydrogens is 438 g/mol. The second-order valence-electron chi connectivity index (χ2n) is 7.68. The minimum absolute atomic E-state index is 0.0757. The third-order valence-corrected chi connectivity index (χ3v) is 5.53. The van der Waals surface area contributed by atoms with E-state index < -0.39 is 0 Å². The van der Waals surface area contributed by atoms with Gasteiger partial charge in [0.05, 0.1) is 5.52 Å². The minimum atomic E-state index is -0.0757. The average molecular weight is 459 g/mol. The Labute approximate surface area is 192 Å². The zero-order valence-corrected chi connectivity index (χ0v) is 18.5. The summed E-state index contributed by atoms with van der Waals surface area (Å²) in [6.45, 7) is 2.13. The zero-order valence-electron chi connectivity index (χ0n) is 18.5. The summed E-state index contributed by atoms with van der Waals surface area (Å²) in [5.41, 5.74) is 3.19. The van der Waals surface area contributed by atoms with Crippen LogP contribution in [0.2, 0.25) is 0 Å². The van der Waals surface area contributed by atoms with Gasteiger partial charge >= 0.3 is 0 Å². The van der Waals surface area contributed by atoms with Gasteiger partial charge in [0.1, 0.15) is 11.5 Å². The number of pyridine rings is 1. The molecule has 12 heteroatoms. The molecule has 5 aromatic rings. The molecule has 0 fully saturated rings. The first kappa shape index (κ1) is 21.2. The molecule has 0 saturated heterocycles. The Morgan fingerprint density at radius 2 is 1.62 bits per heavy atom. The van der Waals surface area contributed by atoms with Crippen LogP contribution in [0.4, 0.5) is 0 Å². The molecule has 3 heterocycles. The van der Waals surface area contributed by atoms with Crippen LogP contribution in [-0.4, -0.2) is 45.8 Å². The number of aromatic amines is 2. The van der Waals surface area contributed by atoms with Crippen LogP contribution in [-0.2, 0) is 26.7 Å². The van der Waals surface area contributed by atoms with Gasteiger partial charge in [0.2, 0.25) is 11.6 Å². The smallest absolute Gasteiger partial charge is 0.254 e. The van der Waals surface area contributed by atoms with Gasteiger partial charge < -0.3 is 14.0 Å². The van der Waals surface area contributed by atoms with Crippen LogP contribution in [0, 0.1) is 6.92 Å². The number of tetrazole rings is 2. The van der Waals surface area contributed by atoms with Gasteiger partial charge in [0.25, 0.3) is 5.56 Å². The first-order chi connectivity index (χ1) is 16.6. The fourth-order valence-electron chi connectivity index (χ4n) is 3.82. The van der Waals surface area contributed by atoms with Gasteiger partial charge in [0.15, 0.2) is 13.2 Å². The highest BCUT2D eigenvalue weighted by molar-refractivity contribution is 5.91. The predicted octanol–water partition coefficient (Wildman–Crippen LogP) is 1.62. The first-order valence-corrected chi connectivity index (χ1v) is 10.5. The van der Waals surface area contributed by atoms with Crippen molar-refractivity contribution in [3.05, 3.63) is 81.2 Å². The average Bonchev–Trinajstić information content (AvgIpc) is 3.57. The summed E-state index contributed by atoms with van der Waals surface area (Å²) in [4.78, 5) is 13.3. The molecule has 0 aliphatic heterocycles. The molecule has 0 unspecified atom stereocenters. The molecule has 34 heavy (non-hydrogen) atoms. The predicted molar refractivity (Wildman–Crippen MR) is 120 cm³/mol. The number of ether oxygens (including phenoxy) is 2. The van der Waals surface area contributed by atoms with Gasteiger partial charge in [-0.05, 0) is 18.1 Å². The van der Waals surface area contributed by atoms with E-state index in [-0.39, 0.29) is 18.8 Å². The number of rotatable bonds is 8. The second kappa shape index (κ2) is 9.10. The van der Waals surface area contributed by atoms with Crippen molar-refractivity contribution in [1.82, 2.24) is 45.8 Å². The number of H-pyrrole nitrogens is 2. The number of aryl methyl sites for hydroxylation is 2. The van der Waals surface area contributed by atoms with Crippen LogP contribution >= 0.6 is 0 Å². The third kappa shape index (κ3) is 4.20. The number of hydrogen-bond acceptors (Lipinski definition) is 9. The van der Waals surface area contributed by atoms with E-state index in [1.165, 1.54) is 0 Å².